The third-order valence-electron chi connectivity index (χ3n) is 1.31. The van der Waals surface area contributed by atoms with Crippen LogP contribution in [0.25, 0.3) is 0 Å². The number of halogens is 3. The summed E-state index contributed by atoms with van der Waals surface area (Å²) in [5.41, 5.74) is -2.32. The minimum absolute atomic E-state index is 0.0790. The second kappa shape index (κ2) is 2.75. The van der Waals surface area contributed by atoms with Crippen LogP contribution < -0.4 is 0 Å². The number of aromatic nitrogens is 2. The van der Waals surface area contributed by atoms with Gasteiger partial charge in [-0.1, -0.05) is 0 Å². The van der Waals surface area contributed by atoms with Crippen molar-refractivity contribution in [3.63, 3.8) is 0 Å². The minimum atomic E-state index is -4.71. The highest BCUT2D eigenvalue weighted by Crippen LogP contribution is 2.30. The molecule has 0 bridgehead atoms. The van der Waals surface area contributed by atoms with Gasteiger partial charge in [0.1, 0.15) is 5.82 Å². The van der Waals surface area contributed by atoms with Crippen molar-refractivity contribution in [3.8, 4) is 0 Å². The fourth-order valence-electron chi connectivity index (χ4n) is 0.852. The lowest BCUT2D eigenvalue weighted by molar-refractivity contribution is -0.141. The van der Waals surface area contributed by atoms with Crippen LogP contribution in [0.1, 0.15) is 22.0 Å². The van der Waals surface area contributed by atoms with Gasteiger partial charge in [0.05, 0.1) is 0 Å². The van der Waals surface area contributed by atoms with Crippen molar-refractivity contribution >= 4 is 5.97 Å². The van der Waals surface area contributed by atoms with Gasteiger partial charge in [-0.25, -0.2) is 9.78 Å². The van der Waals surface area contributed by atoms with Gasteiger partial charge < -0.3 is 10.1 Å². The zero-order valence-electron chi connectivity index (χ0n) is 6.44. The Labute approximate surface area is 70.4 Å². The molecule has 0 aromatic carbocycles. The second-order valence-corrected chi connectivity index (χ2v) is 2.35. The first-order chi connectivity index (χ1) is 5.82. The number of H-pyrrole nitrogens is 1. The first-order valence-corrected chi connectivity index (χ1v) is 3.19. The third-order valence-corrected chi connectivity index (χ3v) is 1.31. The zero-order valence-corrected chi connectivity index (χ0v) is 6.44. The van der Waals surface area contributed by atoms with Crippen molar-refractivity contribution < 1.29 is 23.1 Å². The molecule has 0 aliphatic carbocycles. The molecule has 0 saturated carbocycles. The first kappa shape index (κ1) is 9.56. The van der Waals surface area contributed by atoms with Crippen LogP contribution in [0.5, 0.6) is 0 Å². The molecule has 0 radical (unpaired) electrons. The molecule has 0 atom stereocenters. The van der Waals surface area contributed by atoms with E-state index in [0.29, 0.717) is 0 Å². The SMILES string of the molecule is Cc1nc(C(=O)O)c(C(F)(F)F)[nH]1. The van der Waals surface area contributed by atoms with Crippen LogP contribution in [0, 0.1) is 6.92 Å². The molecule has 0 fully saturated rings. The molecule has 1 aromatic heterocycles. The molecule has 0 spiro atoms. The lowest BCUT2D eigenvalue weighted by atomic mass is 10.3. The summed E-state index contributed by atoms with van der Waals surface area (Å²) in [7, 11) is 0. The number of rotatable bonds is 1. The van der Waals surface area contributed by atoms with E-state index in [4.69, 9.17) is 5.11 Å². The number of carbonyl (C=O) groups is 1. The second-order valence-electron chi connectivity index (χ2n) is 2.35. The Kier molecular flexibility index (Phi) is 2.02. The van der Waals surface area contributed by atoms with E-state index in [1.807, 2.05) is 4.98 Å². The lowest BCUT2D eigenvalue weighted by Crippen LogP contribution is -2.12. The quantitative estimate of drug-likeness (QED) is 0.710. The number of aryl methyl sites for hydroxylation is 1. The maximum Gasteiger partial charge on any atom is 0.433 e. The number of hydrogen-bond acceptors (Lipinski definition) is 2. The maximum absolute atomic E-state index is 12.1. The maximum atomic E-state index is 12.1. The Balaban J connectivity index is 3.28. The van der Waals surface area contributed by atoms with Gasteiger partial charge in [0.2, 0.25) is 0 Å². The molecule has 1 aromatic rings. The summed E-state index contributed by atoms with van der Waals surface area (Å²) >= 11 is 0. The number of aromatic amines is 1. The van der Waals surface area contributed by atoms with Gasteiger partial charge in [-0.15, -0.1) is 0 Å². The molecule has 72 valence electrons. The smallest absolute Gasteiger partial charge is 0.433 e. The van der Waals surface area contributed by atoms with Gasteiger partial charge in [-0.2, -0.15) is 13.2 Å². The Bertz CT molecular complexity index is 342. The number of carboxylic acids is 1. The molecule has 0 unspecified atom stereocenters. The Morgan fingerprint density at radius 3 is 2.38 bits per heavy atom. The number of nitrogens with zero attached hydrogens (tertiary/aromatic N) is 1. The summed E-state index contributed by atoms with van der Waals surface area (Å²) in [5.74, 6) is -1.78. The van der Waals surface area contributed by atoms with Gasteiger partial charge >= 0.3 is 12.1 Å². The Morgan fingerprint density at radius 1 is 1.54 bits per heavy atom. The zero-order chi connectivity index (χ0) is 10.2. The Hall–Kier alpha value is -1.53. The summed E-state index contributed by atoms with van der Waals surface area (Å²) in [5, 5.41) is 8.36. The standard InChI is InChI=1S/C6H5F3N2O2/c1-2-10-3(5(12)13)4(11-2)6(7,8)9/h1H3,(H,10,11)(H,12,13). The van der Waals surface area contributed by atoms with Gasteiger partial charge in [-0.05, 0) is 6.92 Å². The normalized spacial score (nSPS) is 11.7. The highest BCUT2D eigenvalue weighted by molar-refractivity contribution is 5.86. The van der Waals surface area contributed by atoms with Crippen LogP contribution in [-0.2, 0) is 6.18 Å². The van der Waals surface area contributed by atoms with E-state index in [-0.39, 0.29) is 5.82 Å². The van der Waals surface area contributed by atoms with Crippen LogP contribution in [0.15, 0.2) is 0 Å². The summed E-state index contributed by atoms with van der Waals surface area (Å²) in [6.45, 7) is 1.25. The number of carboxylic acid groups (broad SMARTS) is 1. The topological polar surface area (TPSA) is 66.0 Å². The molecule has 0 aliphatic heterocycles. The molecule has 4 nitrogen and oxygen atoms in total. The number of nitrogens with one attached hydrogen (secondary N) is 1. The highest BCUT2D eigenvalue weighted by atomic mass is 19.4. The number of aromatic carboxylic acids is 1. The average Bonchev–Trinajstić information content (AvgIpc) is 2.29. The van der Waals surface area contributed by atoms with Crippen molar-refractivity contribution in [2.24, 2.45) is 0 Å². The van der Waals surface area contributed by atoms with Crippen molar-refractivity contribution in [3.05, 3.63) is 17.2 Å². The molecule has 0 aliphatic rings. The van der Waals surface area contributed by atoms with Crippen molar-refractivity contribution in [2.75, 3.05) is 0 Å². The largest absolute Gasteiger partial charge is 0.476 e. The first-order valence-electron chi connectivity index (χ1n) is 3.19. The predicted octanol–water partition coefficient (Wildman–Crippen LogP) is 1.44. The predicted molar refractivity (Wildman–Crippen MR) is 35.3 cm³/mol. The molecule has 7 heteroatoms. The summed E-state index contributed by atoms with van der Waals surface area (Å²) in [6, 6.07) is 0. The molecule has 0 saturated heterocycles. The van der Waals surface area contributed by atoms with E-state index in [9.17, 15) is 18.0 Å². The van der Waals surface area contributed by atoms with E-state index < -0.39 is 23.5 Å². The molecule has 1 rings (SSSR count). The molecule has 13 heavy (non-hydrogen) atoms. The van der Waals surface area contributed by atoms with Crippen LogP contribution >= 0.6 is 0 Å². The fourth-order valence-corrected chi connectivity index (χ4v) is 0.852. The average molecular weight is 194 g/mol. The third kappa shape index (κ3) is 1.79. The number of hydrogen-bond donors (Lipinski definition) is 2. The van der Waals surface area contributed by atoms with E-state index in [1.54, 1.807) is 0 Å². The molecule has 0 amide bonds. The van der Waals surface area contributed by atoms with Gasteiger partial charge in [0.15, 0.2) is 11.4 Å². The minimum Gasteiger partial charge on any atom is -0.476 e. The van der Waals surface area contributed by atoms with E-state index in [2.05, 4.69) is 4.98 Å². The van der Waals surface area contributed by atoms with Gasteiger partial charge in [0.25, 0.3) is 0 Å². The van der Waals surface area contributed by atoms with E-state index in [1.165, 1.54) is 6.92 Å². The summed E-state index contributed by atoms with van der Waals surface area (Å²) < 4.78 is 36.3. The van der Waals surface area contributed by atoms with Crippen LogP contribution in [0.3, 0.4) is 0 Å². The Morgan fingerprint density at radius 2 is 2.08 bits per heavy atom. The number of alkyl halides is 3. The van der Waals surface area contributed by atoms with Crippen molar-refractivity contribution in [1.82, 2.24) is 9.97 Å². The van der Waals surface area contributed by atoms with E-state index >= 15 is 0 Å². The van der Waals surface area contributed by atoms with Crippen LogP contribution in [0.2, 0.25) is 0 Å². The van der Waals surface area contributed by atoms with Crippen molar-refractivity contribution in [1.29, 1.82) is 0 Å². The monoisotopic (exact) mass is 194 g/mol. The van der Waals surface area contributed by atoms with Gasteiger partial charge in [-0.3, -0.25) is 0 Å². The molecular weight excluding hydrogens is 189 g/mol. The number of imidazole rings is 1. The highest BCUT2D eigenvalue weighted by Gasteiger charge is 2.38. The lowest BCUT2D eigenvalue weighted by Gasteiger charge is -2.02. The van der Waals surface area contributed by atoms with Gasteiger partial charge in [0, 0.05) is 0 Å². The summed E-state index contributed by atoms with van der Waals surface area (Å²) in [6.07, 6.45) is -4.71. The van der Waals surface area contributed by atoms with Crippen LogP contribution in [-0.4, -0.2) is 21.0 Å². The van der Waals surface area contributed by atoms with Crippen molar-refractivity contribution in [2.45, 2.75) is 13.1 Å². The summed E-state index contributed by atoms with van der Waals surface area (Å²) in [4.78, 5) is 15.3. The molecule has 1 heterocycles. The molecular formula is C6H5F3N2O2. The van der Waals surface area contributed by atoms with Crippen LogP contribution in [0.4, 0.5) is 13.2 Å². The molecule has 2 N–H and O–H groups in total. The van der Waals surface area contributed by atoms with E-state index in [0.717, 1.165) is 0 Å². The fraction of sp³-hybridized carbons (Fsp3) is 0.333.